The van der Waals surface area contributed by atoms with Crippen LogP contribution in [-0.2, 0) is 9.47 Å². The molecule has 0 saturated heterocycles. The van der Waals surface area contributed by atoms with Gasteiger partial charge < -0.3 is 14.8 Å². The van der Waals surface area contributed by atoms with E-state index in [1.807, 2.05) is 64.1 Å². The van der Waals surface area contributed by atoms with Gasteiger partial charge in [0.15, 0.2) is 12.1 Å². The molecule has 136 valence electrons. The molecule has 5 nitrogen and oxygen atoms in total. The van der Waals surface area contributed by atoms with E-state index >= 15 is 0 Å². The third kappa shape index (κ3) is 7.51. The number of hydrogen-bond acceptors (Lipinski definition) is 5. The number of nitrogens with one attached hydrogen (secondary N) is 1. The molecule has 0 bridgehead atoms. The number of nitriles is 1. The molecule has 0 aliphatic carbocycles. The molecule has 1 aromatic carbocycles. The van der Waals surface area contributed by atoms with Gasteiger partial charge in [-0.2, -0.15) is 5.26 Å². The Morgan fingerprint density at radius 3 is 2.64 bits per heavy atom. The zero-order valence-electron chi connectivity index (χ0n) is 15.5. The number of carbonyl (C=O) groups is 1. The zero-order chi connectivity index (χ0) is 18.7. The molecule has 0 fully saturated rings. The molecular weight excluding hydrogens is 316 g/mol. The van der Waals surface area contributed by atoms with E-state index in [0.717, 1.165) is 5.56 Å². The summed E-state index contributed by atoms with van der Waals surface area (Å²) in [6, 6.07) is 11.3. The molecule has 1 unspecified atom stereocenters. The maximum atomic E-state index is 12.1. The highest BCUT2D eigenvalue weighted by atomic mass is 16.7. The average molecular weight is 344 g/mol. The van der Waals surface area contributed by atoms with Crippen LogP contribution in [0.15, 0.2) is 42.1 Å². The number of carbonyl (C=O) groups excluding carboxylic acids is 1. The smallest absolute Gasteiger partial charge is 0.162 e. The van der Waals surface area contributed by atoms with Crippen molar-refractivity contribution in [1.29, 1.82) is 5.26 Å². The first-order chi connectivity index (χ1) is 11.9. The predicted octanol–water partition coefficient (Wildman–Crippen LogP) is 3.82. The molecule has 1 N–H and O–H groups in total. The van der Waals surface area contributed by atoms with Crippen LogP contribution in [0.1, 0.15) is 50.9 Å². The lowest BCUT2D eigenvalue weighted by atomic mass is 10.0. The number of benzene rings is 1. The molecule has 5 heteroatoms. The second-order valence-electron chi connectivity index (χ2n) is 6.16. The standard InChI is InChI=1S/C20H28N2O3/c1-5-24-16(2)25-20(3,4)19(13-14-21)22-15-9-12-18(23)17-10-7-6-8-11-17/h6-8,10-11,13,16,22H,5,9,12,15H2,1-4H3. The van der Waals surface area contributed by atoms with Gasteiger partial charge in [-0.1, -0.05) is 30.3 Å². The Bertz CT molecular complexity index is 603. The third-order valence-electron chi connectivity index (χ3n) is 3.71. The molecule has 0 aliphatic heterocycles. The van der Waals surface area contributed by atoms with Crippen LogP contribution in [0.3, 0.4) is 0 Å². The molecule has 1 aromatic rings. The summed E-state index contributed by atoms with van der Waals surface area (Å²) < 4.78 is 11.3. The summed E-state index contributed by atoms with van der Waals surface area (Å²) in [6.07, 6.45) is 2.20. The summed E-state index contributed by atoms with van der Waals surface area (Å²) in [5.74, 6) is 0.119. The summed E-state index contributed by atoms with van der Waals surface area (Å²) in [5, 5.41) is 12.2. The van der Waals surface area contributed by atoms with Crippen LogP contribution in [0.2, 0.25) is 0 Å². The molecule has 1 rings (SSSR count). The van der Waals surface area contributed by atoms with Gasteiger partial charge in [-0.3, -0.25) is 4.79 Å². The van der Waals surface area contributed by atoms with E-state index in [0.29, 0.717) is 31.7 Å². The Labute approximate surface area is 150 Å². The quantitative estimate of drug-likeness (QED) is 0.286. The largest absolute Gasteiger partial charge is 0.385 e. The van der Waals surface area contributed by atoms with E-state index in [1.54, 1.807) is 0 Å². The van der Waals surface area contributed by atoms with E-state index in [2.05, 4.69) is 5.32 Å². The van der Waals surface area contributed by atoms with Crippen LogP contribution >= 0.6 is 0 Å². The minimum atomic E-state index is -0.687. The second kappa shape index (κ2) is 10.7. The normalized spacial score (nSPS) is 13.2. The number of hydrogen-bond donors (Lipinski definition) is 1. The predicted molar refractivity (Wildman–Crippen MR) is 98.0 cm³/mol. The molecule has 0 saturated carbocycles. The molecule has 0 heterocycles. The Balaban J connectivity index is 2.52. The van der Waals surface area contributed by atoms with Gasteiger partial charge >= 0.3 is 0 Å². The Morgan fingerprint density at radius 1 is 1.36 bits per heavy atom. The minimum Gasteiger partial charge on any atom is -0.385 e. The molecule has 0 spiro atoms. The van der Waals surface area contributed by atoms with Gasteiger partial charge in [0.2, 0.25) is 0 Å². The summed E-state index contributed by atoms with van der Waals surface area (Å²) >= 11 is 0. The Kier molecular flexibility index (Phi) is 8.90. The fourth-order valence-corrected chi connectivity index (χ4v) is 2.49. The third-order valence-corrected chi connectivity index (χ3v) is 3.71. The van der Waals surface area contributed by atoms with Gasteiger partial charge in [0.1, 0.15) is 5.60 Å². The second-order valence-corrected chi connectivity index (χ2v) is 6.16. The highest BCUT2D eigenvalue weighted by Gasteiger charge is 2.27. The topological polar surface area (TPSA) is 71.3 Å². The first-order valence-electron chi connectivity index (χ1n) is 8.62. The SMILES string of the molecule is CCOC(C)OC(C)(C)C(=CC#N)NCCCC(=O)c1ccccc1. The van der Waals surface area contributed by atoms with Gasteiger partial charge in [-0.05, 0) is 34.1 Å². The maximum absolute atomic E-state index is 12.1. The van der Waals surface area contributed by atoms with Crippen LogP contribution in [-0.4, -0.2) is 30.8 Å². The summed E-state index contributed by atoms with van der Waals surface area (Å²) in [4.78, 5) is 12.1. The molecule has 1 atom stereocenters. The minimum absolute atomic E-state index is 0.119. The van der Waals surface area contributed by atoms with E-state index < -0.39 is 5.60 Å². The molecule has 0 aliphatic rings. The first-order valence-corrected chi connectivity index (χ1v) is 8.62. The Hall–Kier alpha value is -2.16. The van der Waals surface area contributed by atoms with Crippen molar-refractivity contribution in [3.05, 3.63) is 47.7 Å². The molecule has 0 amide bonds. The summed E-state index contributed by atoms with van der Waals surface area (Å²) in [6.45, 7) is 8.64. The van der Waals surface area contributed by atoms with Crippen LogP contribution in [0.5, 0.6) is 0 Å². The van der Waals surface area contributed by atoms with Gasteiger partial charge in [0, 0.05) is 31.2 Å². The number of Topliss-reactive ketones (excluding diaryl/α,β-unsaturated/α-hetero) is 1. The van der Waals surface area contributed by atoms with Crippen LogP contribution in [0.25, 0.3) is 0 Å². The average Bonchev–Trinajstić information content (AvgIpc) is 2.57. The lowest BCUT2D eigenvalue weighted by Gasteiger charge is -2.31. The van der Waals surface area contributed by atoms with Gasteiger partial charge in [-0.25, -0.2) is 0 Å². The number of nitrogens with zero attached hydrogens (tertiary/aromatic N) is 1. The highest BCUT2D eigenvalue weighted by molar-refractivity contribution is 5.95. The lowest BCUT2D eigenvalue weighted by Crippen LogP contribution is -2.39. The van der Waals surface area contributed by atoms with E-state index in [9.17, 15) is 4.79 Å². The Morgan fingerprint density at radius 2 is 2.04 bits per heavy atom. The fourth-order valence-electron chi connectivity index (χ4n) is 2.49. The zero-order valence-corrected chi connectivity index (χ0v) is 15.5. The summed E-state index contributed by atoms with van der Waals surface area (Å²) in [5.41, 5.74) is 0.714. The van der Waals surface area contributed by atoms with Gasteiger partial charge in [0.05, 0.1) is 11.8 Å². The molecule has 25 heavy (non-hydrogen) atoms. The van der Waals surface area contributed by atoms with Crippen molar-refractivity contribution in [2.75, 3.05) is 13.2 Å². The van der Waals surface area contributed by atoms with Crippen molar-refractivity contribution in [3.63, 3.8) is 0 Å². The fraction of sp³-hybridized carbons (Fsp3) is 0.500. The lowest BCUT2D eigenvalue weighted by molar-refractivity contribution is -0.177. The van der Waals surface area contributed by atoms with Crippen LogP contribution < -0.4 is 5.32 Å². The van der Waals surface area contributed by atoms with E-state index in [1.165, 1.54) is 6.08 Å². The van der Waals surface area contributed by atoms with E-state index in [4.69, 9.17) is 14.7 Å². The molecule has 0 aromatic heterocycles. The van der Waals surface area contributed by atoms with Crippen molar-refractivity contribution in [1.82, 2.24) is 5.32 Å². The molecular formula is C20H28N2O3. The monoisotopic (exact) mass is 344 g/mol. The number of ketones is 1. The van der Waals surface area contributed by atoms with Crippen molar-refractivity contribution >= 4 is 5.78 Å². The van der Waals surface area contributed by atoms with Gasteiger partial charge in [0.25, 0.3) is 0 Å². The van der Waals surface area contributed by atoms with Gasteiger partial charge in [-0.15, -0.1) is 0 Å². The first kappa shape index (κ1) is 20.9. The highest BCUT2D eigenvalue weighted by Crippen LogP contribution is 2.21. The van der Waals surface area contributed by atoms with Crippen molar-refractivity contribution < 1.29 is 14.3 Å². The number of rotatable bonds is 11. The van der Waals surface area contributed by atoms with E-state index in [-0.39, 0.29) is 12.1 Å². The van der Waals surface area contributed by atoms with Crippen molar-refractivity contribution in [3.8, 4) is 6.07 Å². The maximum Gasteiger partial charge on any atom is 0.162 e. The van der Waals surface area contributed by atoms with Crippen LogP contribution in [0, 0.1) is 11.3 Å². The van der Waals surface area contributed by atoms with Crippen LogP contribution in [0.4, 0.5) is 0 Å². The van der Waals surface area contributed by atoms with Crippen molar-refractivity contribution in [2.24, 2.45) is 0 Å². The molecule has 0 radical (unpaired) electrons. The van der Waals surface area contributed by atoms with Crippen molar-refractivity contribution in [2.45, 2.75) is 52.4 Å². The number of ether oxygens (including phenoxy) is 2. The number of allylic oxidation sites excluding steroid dienone is 1. The summed E-state index contributed by atoms with van der Waals surface area (Å²) in [7, 11) is 0.